The van der Waals surface area contributed by atoms with E-state index >= 15 is 0 Å². The Kier molecular flexibility index (Phi) is 4.93. The van der Waals surface area contributed by atoms with Crippen LogP contribution in [0.25, 0.3) is 0 Å². The fraction of sp³-hybridized carbons (Fsp3) is 0.273. The average Bonchev–Trinajstić information content (AvgIpc) is 2.35. The quantitative estimate of drug-likeness (QED) is 0.775. The van der Waals surface area contributed by atoms with Crippen LogP contribution in [0.3, 0.4) is 0 Å². The number of carbonyl (C=O) groups is 2. The maximum atomic E-state index is 11.7. The molecule has 0 spiro atoms. The van der Waals surface area contributed by atoms with Gasteiger partial charge >= 0.3 is 5.97 Å². The molecular weight excluding hydrogens is 246 g/mol. The molecule has 0 saturated carbocycles. The molecule has 1 rings (SSSR count). The van der Waals surface area contributed by atoms with Crippen molar-refractivity contribution in [1.82, 2.24) is 5.32 Å². The van der Waals surface area contributed by atoms with Gasteiger partial charge in [0.25, 0.3) is 5.91 Å². The van der Waals surface area contributed by atoms with Gasteiger partial charge < -0.3 is 15.2 Å². The number of halogens is 1. The van der Waals surface area contributed by atoms with E-state index in [1.165, 1.54) is 19.2 Å². The molecular formula is C11H12ClNO4. The molecule has 1 aromatic rings. The van der Waals surface area contributed by atoms with E-state index in [1.807, 2.05) is 0 Å². The van der Waals surface area contributed by atoms with Crippen molar-refractivity contribution in [3.8, 4) is 0 Å². The number of hydrogen-bond donors (Lipinski definition) is 2. The monoisotopic (exact) mass is 257 g/mol. The van der Waals surface area contributed by atoms with Crippen LogP contribution in [0.1, 0.15) is 10.4 Å². The van der Waals surface area contributed by atoms with E-state index in [4.69, 9.17) is 16.7 Å². The Hall–Kier alpha value is -1.59. The number of ether oxygens (including phenoxy) is 1. The van der Waals surface area contributed by atoms with Crippen LogP contribution in [0.5, 0.6) is 0 Å². The smallest absolute Gasteiger partial charge is 0.330 e. The number of carbonyl (C=O) groups excluding carboxylic acids is 2. The second-order valence-electron chi connectivity index (χ2n) is 3.24. The molecule has 0 saturated heterocycles. The topological polar surface area (TPSA) is 75.6 Å². The maximum Gasteiger partial charge on any atom is 0.330 e. The summed E-state index contributed by atoms with van der Waals surface area (Å²) < 4.78 is 4.42. The summed E-state index contributed by atoms with van der Waals surface area (Å²) >= 11 is 5.68. The van der Waals surface area contributed by atoms with Gasteiger partial charge in [0.1, 0.15) is 0 Å². The molecule has 0 aliphatic rings. The summed E-state index contributed by atoms with van der Waals surface area (Å²) in [6.45, 7) is -0.522. The number of rotatable bonds is 4. The van der Waals surface area contributed by atoms with Crippen LogP contribution >= 0.6 is 11.6 Å². The van der Waals surface area contributed by atoms with Gasteiger partial charge in [-0.2, -0.15) is 0 Å². The van der Waals surface area contributed by atoms with Crippen LogP contribution in [0.15, 0.2) is 24.3 Å². The number of aliphatic hydroxyl groups is 1. The fourth-order valence-electron chi connectivity index (χ4n) is 1.16. The van der Waals surface area contributed by atoms with Crippen molar-refractivity contribution in [2.75, 3.05) is 13.7 Å². The lowest BCUT2D eigenvalue weighted by atomic mass is 10.2. The maximum absolute atomic E-state index is 11.7. The van der Waals surface area contributed by atoms with Gasteiger partial charge in [-0.05, 0) is 24.3 Å². The van der Waals surface area contributed by atoms with Crippen molar-refractivity contribution in [2.24, 2.45) is 0 Å². The van der Waals surface area contributed by atoms with E-state index in [1.54, 1.807) is 12.1 Å². The van der Waals surface area contributed by atoms with Crippen LogP contribution < -0.4 is 5.32 Å². The Bertz CT molecular complexity index is 404. The Morgan fingerprint density at radius 2 is 2.00 bits per heavy atom. The highest BCUT2D eigenvalue weighted by Crippen LogP contribution is 2.09. The average molecular weight is 258 g/mol. The summed E-state index contributed by atoms with van der Waals surface area (Å²) in [6.07, 6.45) is 0. The van der Waals surface area contributed by atoms with E-state index in [0.717, 1.165) is 0 Å². The molecule has 2 N–H and O–H groups in total. The minimum atomic E-state index is -1.07. The van der Waals surface area contributed by atoms with Crippen molar-refractivity contribution in [3.05, 3.63) is 34.9 Å². The standard InChI is InChI=1S/C11H12ClNO4/c1-17-11(16)9(6-14)13-10(15)7-2-4-8(12)5-3-7/h2-5,9,14H,6H2,1H3,(H,13,15)/t9-/m0/s1. The first-order valence-electron chi connectivity index (χ1n) is 4.83. The van der Waals surface area contributed by atoms with E-state index in [-0.39, 0.29) is 0 Å². The summed E-state index contributed by atoms with van der Waals surface area (Å²) in [7, 11) is 1.18. The lowest BCUT2D eigenvalue weighted by Crippen LogP contribution is -2.44. The lowest BCUT2D eigenvalue weighted by Gasteiger charge is -2.13. The SMILES string of the molecule is COC(=O)[C@H](CO)NC(=O)c1ccc(Cl)cc1. The molecule has 0 heterocycles. The Balaban J connectivity index is 2.71. The molecule has 0 aliphatic heterocycles. The Morgan fingerprint density at radius 3 is 2.47 bits per heavy atom. The zero-order valence-electron chi connectivity index (χ0n) is 9.14. The summed E-state index contributed by atoms with van der Waals surface area (Å²) in [4.78, 5) is 22.8. The molecule has 0 bridgehead atoms. The first-order chi connectivity index (χ1) is 8.08. The van der Waals surface area contributed by atoms with Gasteiger partial charge in [0, 0.05) is 10.6 Å². The first-order valence-corrected chi connectivity index (χ1v) is 5.21. The van der Waals surface area contributed by atoms with Gasteiger partial charge in [0.2, 0.25) is 0 Å². The molecule has 0 aromatic heterocycles. The Morgan fingerprint density at radius 1 is 1.41 bits per heavy atom. The minimum Gasteiger partial charge on any atom is -0.467 e. The summed E-state index contributed by atoms with van der Waals surface area (Å²) in [5, 5.41) is 11.8. The highest BCUT2D eigenvalue weighted by molar-refractivity contribution is 6.30. The molecule has 0 radical (unpaired) electrons. The fourth-order valence-corrected chi connectivity index (χ4v) is 1.29. The predicted molar refractivity (Wildman–Crippen MR) is 61.8 cm³/mol. The summed E-state index contributed by atoms with van der Waals surface area (Å²) in [5.74, 6) is -1.18. The lowest BCUT2D eigenvalue weighted by molar-refractivity contribution is -0.143. The van der Waals surface area contributed by atoms with Crippen LogP contribution in [0, 0.1) is 0 Å². The van der Waals surface area contributed by atoms with Gasteiger partial charge in [-0.3, -0.25) is 4.79 Å². The third-order valence-electron chi connectivity index (χ3n) is 2.08. The highest BCUT2D eigenvalue weighted by Gasteiger charge is 2.20. The van der Waals surface area contributed by atoms with Crippen molar-refractivity contribution >= 4 is 23.5 Å². The van der Waals surface area contributed by atoms with Crippen molar-refractivity contribution in [1.29, 1.82) is 0 Å². The Labute approximate surface area is 103 Å². The zero-order chi connectivity index (χ0) is 12.8. The second-order valence-corrected chi connectivity index (χ2v) is 3.68. The van der Waals surface area contributed by atoms with E-state index in [9.17, 15) is 9.59 Å². The van der Waals surface area contributed by atoms with Gasteiger partial charge in [0.05, 0.1) is 13.7 Å². The first kappa shape index (κ1) is 13.5. The van der Waals surface area contributed by atoms with Crippen molar-refractivity contribution in [2.45, 2.75) is 6.04 Å². The van der Waals surface area contributed by atoms with Crippen LogP contribution in [-0.4, -0.2) is 36.7 Å². The number of amides is 1. The molecule has 0 unspecified atom stereocenters. The molecule has 17 heavy (non-hydrogen) atoms. The highest BCUT2D eigenvalue weighted by atomic mass is 35.5. The van der Waals surface area contributed by atoms with Crippen molar-refractivity contribution in [3.63, 3.8) is 0 Å². The van der Waals surface area contributed by atoms with Gasteiger partial charge in [-0.25, -0.2) is 4.79 Å². The number of hydrogen-bond acceptors (Lipinski definition) is 4. The van der Waals surface area contributed by atoms with E-state index < -0.39 is 24.5 Å². The van der Waals surface area contributed by atoms with E-state index in [2.05, 4.69) is 10.1 Å². The number of methoxy groups -OCH3 is 1. The van der Waals surface area contributed by atoms with Crippen LogP contribution in [-0.2, 0) is 9.53 Å². The van der Waals surface area contributed by atoms with Crippen LogP contribution in [0.4, 0.5) is 0 Å². The second kappa shape index (κ2) is 6.22. The molecule has 0 fully saturated rings. The largest absolute Gasteiger partial charge is 0.467 e. The zero-order valence-corrected chi connectivity index (χ0v) is 9.90. The third-order valence-corrected chi connectivity index (χ3v) is 2.33. The summed E-state index contributed by atoms with van der Waals surface area (Å²) in [5.41, 5.74) is 0.344. The summed E-state index contributed by atoms with van der Waals surface area (Å²) in [6, 6.07) is 5.08. The number of aliphatic hydroxyl groups excluding tert-OH is 1. The number of esters is 1. The number of benzene rings is 1. The van der Waals surface area contributed by atoms with Crippen molar-refractivity contribution < 1.29 is 19.4 Å². The van der Waals surface area contributed by atoms with Gasteiger partial charge in [-0.15, -0.1) is 0 Å². The molecule has 1 amide bonds. The van der Waals surface area contributed by atoms with E-state index in [0.29, 0.717) is 10.6 Å². The molecule has 6 heteroatoms. The molecule has 1 atom stereocenters. The van der Waals surface area contributed by atoms with Gasteiger partial charge in [-0.1, -0.05) is 11.6 Å². The van der Waals surface area contributed by atoms with Crippen LogP contribution in [0.2, 0.25) is 5.02 Å². The van der Waals surface area contributed by atoms with Gasteiger partial charge in [0.15, 0.2) is 6.04 Å². The third kappa shape index (κ3) is 3.72. The minimum absolute atomic E-state index is 0.344. The molecule has 1 aromatic carbocycles. The normalized spacial score (nSPS) is 11.7. The predicted octanol–water partition coefficient (Wildman–Crippen LogP) is 0.604. The number of nitrogens with one attached hydrogen (secondary N) is 1. The molecule has 92 valence electrons. The molecule has 5 nitrogen and oxygen atoms in total. The molecule has 0 aliphatic carbocycles.